The molecule has 0 saturated carbocycles. The van der Waals surface area contributed by atoms with Crippen LogP contribution in [0.1, 0.15) is 24.8 Å². The van der Waals surface area contributed by atoms with Gasteiger partial charge in [-0.1, -0.05) is 30.3 Å². The Labute approximate surface area is 115 Å². The summed E-state index contributed by atoms with van der Waals surface area (Å²) in [5.74, 6) is 0.907. The van der Waals surface area contributed by atoms with Gasteiger partial charge in [-0.25, -0.2) is 0 Å². The number of aromatic nitrogens is 3. The van der Waals surface area contributed by atoms with Gasteiger partial charge in [0.15, 0.2) is 0 Å². The van der Waals surface area contributed by atoms with Gasteiger partial charge in [0.1, 0.15) is 0 Å². The van der Waals surface area contributed by atoms with Crippen LogP contribution in [0, 0.1) is 6.92 Å². The Hall–Kier alpha value is -2.43. The number of nitrogens with one attached hydrogen (secondary N) is 1. The Balaban J connectivity index is 2.15. The maximum absolute atomic E-state index is 12.2. The van der Waals surface area contributed by atoms with Crippen molar-refractivity contribution in [3.63, 3.8) is 0 Å². The molecule has 0 amide bonds. The van der Waals surface area contributed by atoms with E-state index in [0.29, 0.717) is 17.3 Å². The summed E-state index contributed by atoms with van der Waals surface area (Å²) in [4.78, 5) is 19.3. The normalized spacial score (nSPS) is 11.1. The summed E-state index contributed by atoms with van der Waals surface area (Å²) in [6, 6.07) is 7.68. The fourth-order valence-electron chi connectivity index (χ4n) is 2.23. The van der Waals surface area contributed by atoms with E-state index in [2.05, 4.69) is 15.1 Å². The van der Waals surface area contributed by atoms with Gasteiger partial charge in [-0.3, -0.25) is 4.79 Å². The number of H-pyrrole nitrogens is 1. The third-order valence-corrected chi connectivity index (χ3v) is 3.26. The molecule has 0 fully saturated rings. The third-order valence-electron chi connectivity index (χ3n) is 3.26. The molecule has 0 unspecified atom stereocenters. The first-order valence-electron chi connectivity index (χ1n) is 6.64. The molecule has 0 bridgehead atoms. The Morgan fingerprint density at radius 3 is 3.00 bits per heavy atom. The minimum atomic E-state index is -0.198. The molecular weight excluding hydrogens is 254 g/mol. The van der Waals surface area contributed by atoms with E-state index in [1.54, 1.807) is 0 Å². The van der Waals surface area contributed by atoms with Crippen LogP contribution in [0.2, 0.25) is 0 Å². The summed E-state index contributed by atoms with van der Waals surface area (Å²) < 4.78 is 5.14. The van der Waals surface area contributed by atoms with Crippen LogP contribution in [0.3, 0.4) is 0 Å². The Bertz CT molecular complexity index is 817. The summed E-state index contributed by atoms with van der Waals surface area (Å²) >= 11 is 0. The Kier molecular flexibility index (Phi) is 3.10. The van der Waals surface area contributed by atoms with Crippen molar-refractivity contribution in [3.05, 3.63) is 46.1 Å². The lowest BCUT2D eigenvalue weighted by Crippen LogP contribution is -2.10. The molecule has 0 atom stereocenters. The van der Waals surface area contributed by atoms with Gasteiger partial charge in [0.25, 0.3) is 5.56 Å². The van der Waals surface area contributed by atoms with E-state index in [1.807, 2.05) is 38.1 Å². The lowest BCUT2D eigenvalue weighted by Gasteiger charge is -2.02. The SMILES string of the molecule is CCCc1nc(-c2cc3cccc(C)c3[nH]c2=O)no1. The highest BCUT2D eigenvalue weighted by molar-refractivity contribution is 5.84. The molecule has 0 radical (unpaired) electrons. The number of aromatic amines is 1. The highest BCUT2D eigenvalue weighted by atomic mass is 16.5. The van der Waals surface area contributed by atoms with E-state index in [-0.39, 0.29) is 5.56 Å². The second kappa shape index (κ2) is 4.92. The quantitative estimate of drug-likeness (QED) is 0.793. The van der Waals surface area contributed by atoms with Crippen molar-refractivity contribution in [2.45, 2.75) is 26.7 Å². The number of nitrogens with zero attached hydrogens (tertiary/aromatic N) is 2. The van der Waals surface area contributed by atoms with Crippen molar-refractivity contribution in [2.24, 2.45) is 0 Å². The first-order chi connectivity index (χ1) is 9.69. The number of benzene rings is 1. The predicted octanol–water partition coefficient (Wildman–Crippen LogP) is 2.84. The van der Waals surface area contributed by atoms with E-state index < -0.39 is 0 Å². The molecule has 102 valence electrons. The standard InChI is InChI=1S/C15H15N3O2/c1-3-5-12-16-14(18-20-12)11-8-10-7-4-6-9(2)13(10)17-15(11)19/h4,6-8H,3,5H2,1-2H3,(H,17,19). The molecule has 20 heavy (non-hydrogen) atoms. The highest BCUT2D eigenvalue weighted by Gasteiger charge is 2.13. The van der Waals surface area contributed by atoms with Crippen LogP contribution in [0.5, 0.6) is 0 Å². The summed E-state index contributed by atoms with van der Waals surface area (Å²) in [5.41, 5.74) is 2.12. The maximum atomic E-state index is 12.2. The molecule has 1 aromatic carbocycles. The zero-order valence-corrected chi connectivity index (χ0v) is 11.4. The van der Waals surface area contributed by atoms with E-state index in [9.17, 15) is 4.79 Å². The molecule has 0 aliphatic heterocycles. The summed E-state index contributed by atoms with van der Waals surface area (Å²) in [7, 11) is 0. The van der Waals surface area contributed by atoms with Gasteiger partial charge < -0.3 is 9.51 Å². The Morgan fingerprint density at radius 1 is 1.35 bits per heavy atom. The van der Waals surface area contributed by atoms with Gasteiger partial charge in [-0.15, -0.1) is 0 Å². The number of pyridine rings is 1. The van der Waals surface area contributed by atoms with Crippen molar-refractivity contribution < 1.29 is 4.52 Å². The summed E-state index contributed by atoms with van der Waals surface area (Å²) in [6.45, 7) is 4.00. The van der Waals surface area contributed by atoms with Crippen LogP contribution in [0.4, 0.5) is 0 Å². The van der Waals surface area contributed by atoms with Gasteiger partial charge in [0.2, 0.25) is 11.7 Å². The van der Waals surface area contributed by atoms with Crippen molar-refractivity contribution in [1.82, 2.24) is 15.1 Å². The fourth-order valence-corrected chi connectivity index (χ4v) is 2.23. The van der Waals surface area contributed by atoms with Gasteiger partial charge in [-0.2, -0.15) is 4.98 Å². The van der Waals surface area contributed by atoms with Crippen molar-refractivity contribution in [1.29, 1.82) is 0 Å². The first-order valence-corrected chi connectivity index (χ1v) is 6.64. The maximum Gasteiger partial charge on any atom is 0.259 e. The molecule has 5 heteroatoms. The van der Waals surface area contributed by atoms with Gasteiger partial charge in [-0.05, 0) is 30.4 Å². The second-order valence-electron chi connectivity index (χ2n) is 4.81. The van der Waals surface area contributed by atoms with Crippen LogP contribution < -0.4 is 5.56 Å². The minimum Gasteiger partial charge on any atom is -0.339 e. The van der Waals surface area contributed by atoms with E-state index in [0.717, 1.165) is 29.3 Å². The molecule has 3 rings (SSSR count). The van der Waals surface area contributed by atoms with Crippen LogP contribution in [0.15, 0.2) is 33.6 Å². The number of rotatable bonds is 3. The minimum absolute atomic E-state index is 0.198. The van der Waals surface area contributed by atoms with Crippen molar-refractivity contribution in [2.75, 3.05) is 0 Å². The molecule has 0 aliphatic rings. The van der Waals surface area contributed by atoms with Crippen molar-refractivity contribution in [3.8, 4) is 11.4 Å². The third kappa shape index (κ3) is 2.11. The fraction of sp³-hybridized carbons (Fsp3) is 0.267. The largest absolute Gasteiger partial charge is 0.339 e. The molecule has 1 N–H and O–H groups in total. The van der Waals surface area contributed by atoms with Crippen LogP contribution in [-0.4, -0.2) is 15.1 Å². The molecule has 5 nitrogen and oxygen atoms in total. The average Bonchev–Trinajstić information content (AvgIpc) is 2.88. The second-order valence-corrected chi connectivity index (χ2v) is 4.81. The molecule has 2 heterocycles. The number of aryl methyl sites for hydroxylation is 2. The van der Waals surface area contributed by atoms with Crippen molar-refractivity contribution >= 4 is 10.9 Å². The molecular formula is C15H15N3O2. The molecule has 2 aromatic heterocycles. The van der Waals surface area contributed by atoms with Gasteiger partial charge >= 0.3 is 0 Å². The van der Waals surface area contributed by atoms with Crippen LogP contribution in [-0.2, 0) is 6.42 Å². The van der Waals surface area contributed by atoms with E-state index in [1.165, 1.54) is 0 Å². The molecule has 0 aliphatic carbocycles. The average molecular weight is 269 g/mol. The number of hydrogen-bond acceptors (Lipinski definition) is 4. The zero-order chi connectivity index (χ0) is 14.1. The lowest BCUT2D eigenvalue weighted by molar-refractivity contribution is 0.378. The Morgan fingerprint density at radius 2 is 2.20 bits per heavy atom. The zero-order valence-electron chi connectivity index (χ0n) is 11.4. The van der Waals surface area contributed by atoms with E-state index >= 15 is 0 Å². The van der Waals surface area contributed by atoms with Crippen LogP contribution >= 0.6 is 0 Å². The predicted molar refractivity (Wildman–Crippen MR) is 76.6 cm³/mol. The van der Waals surface area contributed by atoms with Gasteiger partial charge in [0, 0.05) is 6.42 Å². The van der Waals surface area contributed by atoms with E-state index in [4.69, 9.17) is 4.52 Å². The molecule has 3 aromatic rings. The number of para-hydroxylation sites is 1. The number of hydrogen-bond donors (Lipinski definition) is 1. The smallest absolute Gasteiger partial charge is 0.259 e. The van der Waals surface area contributed by atoms with Crippen LogP contribution in [0.25, 0.3) is 22.3 Å². The number of fused-ring (bicyclic) bond motifs is 1. The topological polar surface area (TPSA) is 71.8 Å². The first kappa shape index (κ1) is 12.6. The highest BCUT2D eigenvalue weighted by Crippen LogP contribution is 2.19. The summed E-state index contributed by atoms with van der Waals surface area (Å²) in [5, 5.41) is 4.85. The lowest BCUT2D eigenvalue weighted by atomic mass is 10.1. The molecule has 0 spiro atoms. The monoisotopic (exact) mass is 269 g/mol. The van der Waals surface area contributed by atoms with Gasteiger partial charge in [0.05, 0.1) is 11.1 Å². The molecule has 0 saturated heterocycles. The summed E-state index contributed by atoms with van der Waals surface area (Å²) in [6.07, 6.45) is 1.65.